The Kier molecular flexibility index (Phi) is 6.25. The molecule has 0 aliphatic carbocycles. The van der Waals surface area contributed by atoms with Gasteiger partial charge in [0.25, 0.3) is 0 Å². The van der Waals surface area contributed by atoms with Crippen molar-refractivity contribution in [1.82, 2.24) is 0 Å². The zero-order valence-electron chi connectivity index (χ0n) is 8.64. The first-order chi connectivity index (χ1) is 7.00. The van der Waals surface area contributed by atoms with Crippen molar-refractivity contribution in [2.75, 3.05) is 0 Å². The van der Waals surface area contributed by atoms with Crippen LogP contribution in [-0.4, -0.2) is 17.8 Å². The van der Waals surface area contributed by atoms with Crippen LogP contribution in [0.25, 0.3) is 0 Å². The van der Waals surface area contributed by atoms with Crippen molar-refractivity contribution in [3.05, 3.63) is 29.8 Å². The van der Waals surface area contributed by atoms with Crippen LogP contribution in [0.4, 0.5) is 8.78 Å². The zero-order valence-corrected chi connectivity index (χ0v) is 9.45. The molecular weight excluding hydrogens is 240 g/mol. The molecule has 0 saturated heterocycles. The van der Waals surface area contributed by atoms with Crippen LogP contribution < -0.4 is 10.5 Å². The van der Waals surface area contributed by atoms with E-state index in [2.05, 4.69) is 4.74 Å². The summed E-state index contributed by atoms with van der Waals surface area (Å²) in [6.07, 6.45) is -0.744. The van der Waals surface area contributed by atoms with E-state index in [1.54, 1.807) is 12.1 Å². The molecule has 0 bridgehead atoms. The van der Waals surface area contributed by atoms with Crippen LogP contribution in [0.1, 0.15) is 18.5 Å². The third-order valence-electron chi connectivity index (χ3n) is 1.99. The van der Waals surface area contributed by atoms with Gasteiger partial charge in [-0.15, -0.1) is 12.4 Å². The van der Waals surface area contributed by atoms with Gasteiger partial charge in [0.1, 0.15) is 5.75 Å². The Morgan fingerprint density at radius 3 is 2.50 bits per heavy atom. The Morgan fingerprint density at radius 1 is 1.38 bits per heavy atom. The quantitative estimate of drug-likeness (QED) is 0.864. The van der Waals surface area contributed by atoms with Gasteiger partial charge in [-0.25, -0.2) is 0 Å². The van der Waals surface area contributed by atoms with E-state index in [0.29, 0.717) is 5.56 Å². The standard InChI is InChI=1S/C10H13F2NO2.ClH/c1-6(14)9(13)7-3-2-4-8(5-7)15-10(11)12;/h2-6,9-10,14H,13H2,1H3;1H/t6-,9-;/m0./s1. The summed E-state index contributed by atoms with van der Waals surface area (Å²) in [7, 11) is 0. The monoisotopic (exact) mass is 253 g/mol. The number of nitrogens with two attached hydrogens (primary N) is 1. The molecule has 0 amide bonds. The second-order valence-corrected chi connectivity index (χ2v) is 3.22. The minimum absolute atomic E-state index is 0. The second kappa shape index (κ2) is 6.62. The number of hydrogen-bond acceptors (Lipinski definition) is 3. The molecule has 0 radical (unpaired) electrons. The van der Waals surface area contributed by atoms with Crippen LogP contribution in [0.15, 0.2) is 24.3 Å². The smallest absolute Gasteiger partial charge is 0.387 e. The maximum atomic E-state index is 11.9. The van der Waals surface area contributed by atoms with Gasteiger partial charge in [-0.05, 0) is 24.6 Å². The summed E-state index contributed by atoms with van der Waals surface area (Å²) in [5.74, 6) is 0.0404. The van der Waals surface area contributed by atoms with Gasteiger partial charge >= 0.3 is 6.61 Å². The molecule has 3 nitrogen and oxygen atoms in total. The normalized spacial score (nSPS) is 14.1. The Balaban J connectivity index is 0.00000225. The first-order valence-corrected chi connectivity index (χ1v) is 4.49. The van der Waals surface area contributed by atoms with E-state index in [9.17, 15) is 13.9 Å². The van der Waals surface area contributed by atoms with E-state index in [-0.39, 0.29) is 18.2 Å². The number of ether oxygens (including phenoxy) is 1. The number of benzene rings is 1. The van der Waals surface area contributed by atoms with E-state index < -0.39 is 18.8 Å². The van der Waals surface area contributed by atoms with Crippen LogP contribution in [0.2, 0.25) is 0 Å². The fraction of sp³-hybridized carbons (Fsp3) is 0.400. The molecule has 3 N–H and O–H groups in total. The Labute approximate surface area is 98.6 Å². The van der Waals surface area contributed by atoms with E-state index in [1.807, 2.05) is 0 Å². The molecule has 2 atom stereocenters. The van der Waals surface area contributed by atoms with Crippen LogP contribution in [-0.2, 0) is 0 Å². The number of rotatable bonds is 4. The molecule has 0 aliphatic rings. The minimum Gasteiger partial charge on any atom is -0.435 e. The topological polar surface area (TPSA) is 55.5 Å². The van der Waals surface area contributed by atoms with E-state index in [4.69, 9.17) is 5.73 Å². The molecule has 0 heterocycles. The van der Waals surface area contributed by atoms with E-state index in [1.165, 1.54) is 19.1 Å². The summed E-state index contributed by atoms with van der Waals surface area (Å²) in [4.78, 5) is 0. The highest BCUT2D eigenvalue weighted by molar-refractivity contribution is 5.85. The number of aliphatic hydroxyl groups is 1. The zero-order chi connectivity index (χ0) is 11.4. The van der Waals surface area contributed by atoms with Crippen molar-refractivity contribution in [3.63, 3.8) is 0 Å². The summed E-state index contributed by atoms with van der Waals surface area (Å²) >= 11 is 0. The third-order valence-corrected chi connectivity index (χ3v) is 1.99. The van der Waals surface area contributed by atoms with Gasteiger partial charge in [-0.2, -0.15) is 8.78 Å². The largest absolute Gasteiger partial charge is 0.435 e. The number of hydrogen-bond donors (Lipinski definition) is 2. The molecule has 1 aromatic carbocycles. The Hall–Kier alpha value is -0.910. The number of aliphatic hydroxyl groups excluding tert-OH is 1. The summed E-state index contributed by atoms with van der Waals surface area (Å²) in [5.41, 5.74) is 6.20. The summed E-state index contributed by atoms with van der Waals surface area (Å²) < 4.78 is 28.0. The lowest BCUT2D eigenvalue weighted by atomic mass is 10.0. The SMILES string of the molecule is C[C@H](O)[C@H](N)c1cccc(OC(F)F)c1.Cl. The molecule has 0 aliphatic heterocycles. The lowest BCUT2D eigenvalue weighted by molar-refractivity contribution is -0.0499. The van der Waals surface area contributed by atoms with Gasteiger partial charge in [0, 0.05) is 0 Å². The van der Waals surface area contributed by atoms with Gasteiger partial charge in [-0.3, -0.25) is 0 Å². The lowest BCUT2D eigenvalue weighted by Gasteiger charge is -2.15. The van der Waals surface area contributed by atoms with Gasteiger partial charge in [0.2, 0.25) is 0 Å². The van der Waals surface area contributed by atoms with Crippen molar-refractivity contribution in [2.45, 2.75) is 25.7 Å². The predicted molar refractivity (Wildman–Crippen MR) is 58.9 cm³/mol. The molecule has 1 rings (SSSR count). The van der Waals surface area contributed by atoms with Crippen LogP contribution in [0.5, 0.6) is 5.75 Å². The molecule has 16 heavy (non-hydrogen) atoms. The molecule has 0 fully saturated rings. The van der Waals surface area contributed by atoms with Gasteiger partial charge in [0.05, 0.1) is 12.1 Å². The van der Waals surface area contributed by atoms with Crippen molar-refractivity contribution in [2.24, 2.45) is 5.73 Å². The van der Waals surface area contributed by atoms with Crippen LogP contribution >= 0.6 is 12.4 Å². The highest BCUT2D eigenvalue weighted by Gasteiger charge is 2.13. The molecular formula is C10H14ClF2NO2. The van der Waals surface area contributed by atoms with Crippen molar-refractivity contribution >= 4 is 12.4 Å². The van der Waals surface area contributed by atoms with Crippen molar-refractivity contribution in [1.29, 1.82) is 0 Å². The average molecular weight is 254 g/mol. The molecule has 0 saturated carbocycles. The lowest BCUT2D eigenvalue weighted by Crippen LogP contribution is -2.23. The molecule has 1 aromatic rings. The third kappa shape index (κ3) is 4.30. The number of alkyl halides is 2. The average Bonchev–Trinajstić information content (AvgIpc) is 2.16. The summed E-state index contributed by atoms with van der Waals surface area (Å²) in [6.45, 7) is -1.33. The van der Waals surface area contributed by atoms with Gasteiger partial charge < -0.3 is 15.6 Å². The Morgan fingerprint density at radius 2 is 2.00 bits per heavy atom. The minimum atomic E-state index is -2.86. The van der Waals surface area contributed by atoms with Gasteiger partial charge in [-0.1, -0.05) is 12.1 Å². The fourth-order valence-corrected chi connectivity index (χ4v) is 1.18. The number of halogens is 3. The van der Waals surface area contributed by atoms with E-state index in [0.717, 1.165) is 0 Å². The first kappa shape index (κ1) is 15.1. The Bertz CT molecular complexity index is 323. The molecule has 0 spiro atoms. The highest BCUT2D eigenvalue weighted by Crippen LogP contribution is 2.21. The second-order valence-electron chi connectivity index (χ2n) is 3.22. The molecule has 0 aromatic heterocycles. The van der Waals surface area contributed by atoms with Crippen molar-refractivity contribution in [3.8, 4) is 5.75 Å². The summed E-state index contributed by atoms with van der Waals surface area (Å²) in [6, 6.07) is 5.39. The van der Waals surface area contributed by atoms with Crippen LogP contribution in [0, 0.1) is 0 Å². The maximum absolute atomic E-state index is 11.9. The van der Waals surface area contributed by atoms with Crippen LogP contribution in [0.3, 0.4) is 0 Å². The maximum Gasteiger partial charge on any atom is 0.387 e. The summed E-state index contributed by atoms with van der Waals surface area (Å²) in [5, 5.41) is 9.23. The first-order valence-electron chi connectivity index (χ1n) is 4.49. The molecule has 92 valence electrons. The fourth-order valence-electron chi connectivity index (χ4n) is 1.18. The van der Waals surface area contributed by atoms with Gasteiger partial charge in [0.15, 0.2) is 0 Å². The highest BCUT2D eigenvalue weighted by atomic mass is 35.5. The predicted octanol–water partition coefficient (Wildman–Crippen LogP) is 2.09. The molecule has 6 heteroatoms. The molecule has 0 unspecified atom stereocenters. The van der Waals surface area contributed by atoms with E-state index >= 15 is 0 Å². The van der Waals surface area contributed by atoms with Crippen molar-refractivity contribution < 1.29 is 18.6 Å².